The number of benzene rings is 2. The number of nitrogens with zero attached hydrogens (tertiary/aromatic N) is 1. The van der Waals surface area contributed by atoms with E-state index in [0.29, 0.717) is 54.0 Å². The van der Waals surface area contributed by atoms with E-state index in [1.807, 2.05) is 6.07 Å². The van der Waals surface area contributed by atoms with Crippen LogP contribution in [0, 0.1) is 0 Å². The molecule has 172 valence electrons. The molecule has 2 aromatic carbocycles. The van der Waals surface area contributed by atoms with E-state index in [9.17, 15) is 13.2 Å². The Morgan fingerprint density at radius 1 is 1.18 bits per heavy atom. The maximum Gasteiger partial charge on any atom is 0.265 e. The summed E-state index contributed by atoms with van der Waals surface area (Å²) in [5, 5.41) is 0.677. The Morgan fingerprint density at radius 2 is 2.00 bits per heavy atom. The molecule has 1 aromatic heterocycles. The van der Waals surface area contributed by atoms with Crippen LogP contribution in [-0.4, -0.2) is 45.7 Å². The van der Waals surface area contributed by atoms with Crippen molar-refractivity contribution in [2.75, 3.05) is 20.3 Å². The van der Waals surface area contributed by atoms with Crippen LogP contribution in [0.1, 0.15) is 24.8 Å². The smallest absolute Gasteiger partial charge is 0.265 e. The number of carbonyl (C=O) groups excluding carboxylic acids is 1. The zero-order valence-electron chi connectivity index (χ0n) is 18.1. The number of nitrogens with one attached hydrogen (secondary N) is 1. The van der Waals surface area contributed by atoms with Gasteiger partial charge in [0.05, 0.1) is 31.3 Å². The summed E-state index contributed by atoms with van der Waals surface area (Å²) in [6.07, 6.45) is 3.03. The SMILES string of the molecule is COc1ccc(OC2CCOC2)cc1C1(C(=O)NS(=O)(=O)c2cnc3ccccc3c2)CC1. The molecular weight excluding hydrogens is 444 g/mol. The van der Waals surface area contributed by atoms with Gasteiger partial charge in [-0.1, -0.05) is 18.2 Å². The van der Waals surface area contributed by atoms with Crippen molar-refractivity contribution in [2.45, 2.75) is 35.7 Å². The molecule has 0 bridgehead atoms. The lowest BCUT2D eigenvalue weighted by Crippen LogP contribution is -2.39. The molecule has 1 saturated carbocycles. The maximum atomic E-state index is 13.3. The van der Waals surface area contributed by atoms with Crippen LogP contribution in [0.25, 0.3) is 10.9 Å². The van der Waals surface area contributed by atoms with Crippen LogP contribution in [0.2, 0.25) is 0 Å². The largest absolute Gasteiger partial charge is 0.496 e. The van der Waals surface area contributed by atoms with Gasteiger partial charge in [-0.25, -0.2) is 13.1 Å². The fourth-order valence-corrected chi connectivity index (χ4v) is 5.18. The number of methoxy groups -OCH3 is 1. The van der Waals surface area contributed by atoms with Gasteiger partial charge < -0.3 is 14.2 Å². The number of amides is 1. The second kappa shape index (κ2) is 8.31. The molecule has 1 aliphatic heterocycles. The summed E-state index contributed by atoms with van der Waals surface area (Å²) in [4.78, 5) is 17.4. The van der Waals surface area contributed by atoms with Gasteiger partial charge in [0.15, 0.2) is 0 Å². The van der Waals surface area contributed by atoms with Gasteiger partial charge in [-0.15, -0.1) is 0 Å². The molecule has 2 heterocycles. The Balaban J connectivity index is 1.42. The first-order chi connectivity index (χ1) is 15.9. The second-order valence-corrected chi connectivity index (χ2v) is 10.0. The highest BCUT2D eigenvalue weighted by Gasteiger charge is 2.54. The molecule has 5 rings (SSSR count). The van der Waals surface area contributed by atoms with E-state index in [2.05, 4.69) is 9.71 Å². The van der Waals surface area contributed by atoms with Crippen molar-refractivity contribution in [1.29, 1.82) is 0 Å². The Morgan fingerprint density at radius 3 is 2.73 bits per heavy atom. The van der Waals surface area contributed by atoms with Crippen LogP contribution in [0.5, 0.6) is 11.5 Å². The lowest BCUT2D eigenvalue weighted by atomic mass is 9.94. The number of aromatic nitrogens is 1. The van der Waals surface area contributed by atoms with E-state index in [0.717, 1.165) is 6.42 Å². The number of para-hydroxylation sites is 1. The Bertz CT molecular complexity index is 1310. The van der Waals surface area contributed by atoms with Gasteiger partial charge in [0, 0.05) is 23.6 Å². The quantitative estimate of drug-likeness (QED) is 0.569. The van der Waals surface area contributed by atoms with Crippen molar-refractivity contribution < 1.29 is 27.4 Å². The molecule has 9 heteroatoms. The first kappa shape index (κ1) is 21.7. The van der Waals surface area contributed by atoms with Crippen LogP contribution in [0.3, 0.4) is 0 Å². The molecule has 33 heavy (non-hydrogen) atoms. The molecule has 1 unspecified atom stereocenters. The molecule has 0 radical (unpaired) electrons. The van der Waals surface area contributed by atoms with Gasteiger partial charge in [-0.2, -0.15) is 0 Å². The summed E-state index contributed by atoms with van der Waals surface area (Å²) in [6.45, 7) is 1.17. The number of fused-ring (bicyclic) bond motifs is 1. The monoisotopic (exact) mass is 468 g/mol. The minimum Gasteiger partial charge on any atom is -0.496 e. The molecular formula is C24H24N2O6S. The van der Waals surface area contributed by atoms with Gasteiger partial charge in [0.1, 0.15) is 22.5 Å². The predicted octanol–water partition coefficient (Wildman–Crippen LogP) is 2.95. The Kier molecular flexibility index (Phi) is 5.46. The standard InChI is InChI=1S/C24H24N2O6S/c1-30-22-7-6-17(32-18-8-11-31-15-18)13-20(22)24(9-10-24)23(27)26-33(28,29)19-12-16-4-2-3-5-21(16)25-14-19/h2-7,12-14,18H,8-11,15H2,1H3,(H,26,27). The van der Waals surface area contributed by atoms with E-state index in [4.69, 9.17) is 14.2 Å². The van der Waals surface area contributed by atoms with E-state index in [1.54, 1.807) is 36.4 Å². The molecule has 1 atom stereocenters. The van der Waals surface area contributed by atoms with Gasteiger partial charge in [-0.05, 0) is 43.2 Å². The highest BCUT2D eigenvalue weighted by Crippen LogP contribution is 2.52. The first-order valence-corrected chi connectivity index (χ1v) is 12.2. The second-order valence-electron chi connectivity index (χ2n) is 8.35. The summed E-state index contributed by atoms with van der Waals surface area (Å²) in [6, 6.07) is 14.0. The zero-order valence-corrected chi connectivity index (χ0v) is 18.9. The maximum absolute atomic E-state index is 13.3. The third-order valence-corrected chi connectivity index (χ3v) is 7.46. The van der Waals surface area contributed by atoms with Crippen LogP contribution >= 0.6 is 0 Å². The molecule has 1 N–H and O–H groups in total. The van der Waals surface area contributed by atoms with E-state index in [-0.39, 0.29) is 11.0 Å². The third-order valence-electron chi connectivity index (χ3n) is 6.16. The lowest BCUT2D eigenvalue weighted by molar-refractivity contribution is -0.121. The van der Waals surface area contributed by atoms with Crippen molar-refractivity contribution in [3.63, 3.8) is 0 Å². The summed E-state index contributed by atoms with van der Waals surface area (Å²) in [7, 11) is -2.58. The van der Waals surface area contributed by atoms with Gasteiger partial charge in [0.2, 0.25) is 5.91 Å². The molecule has 1 aliphatic carbocycles. The van der Waals surface area contributed by atoms with E-state index < -0.39 is 21.3 Å². The summed E-state index contributed by atoms with van der Waals surface area (Å²) >= 11 is 0. The predicted molar refractivity (Wildman–Crippen MR) is 121 cm³/mol. The first-order valence-electron chi connectivity index (χ1n) is 10.8. The zero-order chi connectivity index (χ0) is 23.1. The third kappa shape index (κ3) is 4.14. The molecule has 8 nitrogen and oxygen atoms in total. The molecule has 2 aliphatic rings. The highest BCUT2D eigenvalue weighted by molar-refractivity contribution is 7.90. The van der Waals surface area contributed by atoms with Crippen molar-refractivity contribution >= 4 is 26.8 Å². The molecule has 0 spiro atoms. The highest BCUT2D eigenvalue weighted by atomic mass is 32.2. The fraction of sp³-hybridized carbons (Fsp3) is 0.333. The number of carbonyl (C=O) groups is 1. The molecule has 3 aromatic rings. The van der Waals surface area contributed by atoms with Crippen LogP contribution in [0.15, 0.2) is 59.6 Å². The van der Waals surface area contributed by atoms with Crippen molar-refractivity contribution in [2.24, 2.45) is 0 Å². The molecule has 1 amide bonds. The van der Waals surface area contributed by atoms with Gasteiger partial charge in [0.25, 0.3) is 10.0 Å². The Hall–Kier alpha value is -3.17. The molecule has 1 saturated heterocycles. The minimum absolute atomic E-state index is 0.0454. The van der Waals surface area contributed by atoms with Crippen molar-refractivity contribution in [3.05, 3.63) is 60.3 Å². The molecule has 2 fully saturated rings. The summed E-state index contributed by atoms with van der Waals surface area (Å²) in [5.74, 6) is 0.528. The lowest BCUT2D eigenvalue weighted by Gasteiger charge is -2.20. The summed E-state index contributed by atoms with van der Waals surface area (Å²) < 4.78 is 45.1. The van der Waals surface area contributed by atoms with Crippen LogP contribution in [0.4, 0.5) is 0 Å². The number of ether oxygens (including phenoxy) is 3. The van der Waals surface area contributed by atoms with Crippen LogP contribution in [-0.2, 0) is 25.0 Å². The Labute approximate surface area is 191 Å². The van der Waals surface area contributed by atoms with E-state index >= 15 is 0 Å². The number of sulfonamides is 1. The van der Waals surface area contributed by atoms with Crippen molar-refractivity contribution in [3.8, 4) is 11.5 Å². The average Bonchev–Trinajstić information content (AvgIpc) is 3.48. The van der Waals surface area contributed by atoms with Crippen molar-refractivity contribution in [1.82, 2.24) is 9.71 Å². The van der Waals surface area contributed by atoms with E-state index in [1.165, 1.54) is 19.4 Å². The number of hydrogen-bond acceptors (Lipinski definition) is 7. The van der Waals surface area contributed by atoms with Gasteiger partial charge >= 0.3 is 0 Å². The normalized spacial score (nSPS) is 19.2. The fourth-order valence-electron chi connectivity index (χ4n) is 4.15. The van der Waals surface area contributed by atoms with Gasteiger partial charge in [-0.3, -0.25) is 9.78 Å². The number of pyridine rings is 1. The summed E-state index contributed by atoms with van der Waals surface area (Å²) in [5.41, 5.74) is 0.301. The number of rotatable bonds is 7. The van der Waals surface area contributed by atoms with Crippen LogP contribution < -0.4 is 14.2 Å². The number of hydrogen-bond donors (Lipinski definition) is 1. The minimum atomic E-state index is -4.10. The average molecular weight is 469 g/mol. The topological polar surface area (TPSA) is 104 Å².